The fraction of sp³-hybridized carbons (Fsp3) is 0.0909. The van der Waals surface area contributed by atoms with Gasteiger partial charge in [0.2, 0.25) is 0 Å². The van der Waals surface area contributed by atoms with Gasteiger partial charge in [0.25, 0.3) is 15.9 Å². The first kappa shape index (κ1) is 24.3. The standard InChI is InChI=1S/C22H18BrCl2N3O3S/c1-15-8-10-18(11-9-15)32(30,31)28(17-5-2-4-16(23)12-17)14-22(29)27-26-13-19-20(24)6-3-7-21(19)25/h2-13H,14H2,1H3,(H,27,29)/b26-13-. The number of rotatable bonds is 7. The highest BCUT2D eigenvalue weighted by Gasteiger charge is 2.27. The van der Waals surface area contributed by atoms with Gasteiger partial charge in [-0.2, -0.15) is 5.10 Å². The van der Waals surface area contributed by atoms with Crippen LogP contribution in [0.5, 0.6) is 0 Å². The molecule has 0 aromatic heterocycles. The van der Waals surface area contributed by atoms with Crippen LogP contribution in [0.2, 0.25) is 10.0 Å². The van der Waals surface area contributed by atoms with Crippen LogP contribution < -0.4 is 9.73 Å². The zero-order chi connectivity index (χ0) is 23.3. The molecular weight excluding hydrogens is 537 g/mol. The molecule has 3 aromatic carbocycles. The molecule has 6 nitrogen and oxygen atoms in total. The Kier molecular flexibility index (Phi) is 7.95. The number of carbonyl (C=O) groups excluding carboxylic acids is 1. The number of benzene rings is 3. The van der Waals surface area contributed by atoms with Crippen molar-refractivity contribution in [1.29, 1.82) is 0 Å². The van der Waals surface area contributed by atoms with Gasteiger partial charge in [-0.15, -0.1) is 0 Å². The van der Waals surface area contributed by atoms with Gasteiger partial charge in [0.1, 0.15) is 6.54 Å². The second-order valence-corrected chi connectivity index (χ2v) is 10.3. The number of sulfonamides is 1. The highest BCUT2D eigenvalue weighted by Crippen LogP contribution is 2.26. The summed E-state index contributed by atoms with van der Waals surface area (Å²) in [6.07, 6.45) is 1.31. The van der Waals surface area contributed by atoms with E-state index in [0.717, 1.165) is 9.87 Å². The van der Waals surface area contributed by atoms with E-state index in [1.54, 1.807) is 54.6 Å². The Labute approximate surface area is 205 Å². The maximum absolute atomic E-state index is 13.3. The van der Waals surface area contributed by atoms with E-state index in [-0.39, 0.29) is 4.90 Å². The smallest absolute Gasteiger partial charge is 0.264 e. The van der Waals surface area contributed by atoms with Crippen LogP contribution in [0.25, 0.3) is 0 Å². The highest BCUT2D eigenvalue weighted by molar-refractivity contribution is 9.10. The fourth-order valence-corrected chi connectivity index (χ4v) is 5.05. The fourth-order valence-electron chi connectivity index (χ4n) is 2.75. The highest BCUT2D eigenvalue weighted by atomic mass is 79.9. The normalized spacial score (nSPS) is 11.5. The Bertz CT molecular complexity index is 1250. The summed E-state index contributed by atoms with van der Waals surface area (Å²) < 4.78 is 28.4. The second kappa shape index (κ2) is 10.5. The summed E-state index contributed by atoms with van der Waals surface area (Å²) in [6.45, 7) is 1.37. The molecule has 0 aliphatic rings. The Morgan fingerprint density at radius 2 is 1.69 bits per heavy atom. The van der Waals surface area contributed by atoms with Crippen LogP contribution in [0.1, 0.15) is 11.1 Å². The van der Waals surface area contributed by atoms with Crippen molar-refractivity contribution in [2.45, 2.75) is 11.8 Å². The number of hydrogen-bond acceptors (Lipinski definition) is 4. The topological polar surface area (TPSA) is 78.8 Å². The number of carbonyl (C=O) groups is 1. The SMILES string of the molecule is Cc1ccc(S(=O)(=O)N(CC(=O)N/N=C\c2c(Cl)cccc2Cl)c2cccc(Br)c2)cc1. The molecule has 0 atom stereocenters. The maximum atomic E-state index is 13.3. The van der Waals surface area contributed by atoms with Gasteiger partial charge >= 0.3 is 0 Å². The van der Waals surface area contributed by atoms with E-state index >= 15 is 0 Å². The minimum atomic E-state index is -4.02. The minimum absolute atomic E-state index is 0.0715. The third-order valence-corrected chi connectivity index (χ3v) is 7.32. The number of hydrogen-bond donors (Lipinski definition) is 1. The molecular formula is C22H18BrCl2N3O3S. The third kappa shape index (κ3) is 5.89. The van der Waals surface area contributed by atoms with Crippen molar-refractivity contribution in [3.05, 3.63) is 92.4 Å². The molecule has 166 valence electrons. The van der Waals surface area contributed by atoms with Crippen LogP contribution in [-0.2, 0) is 14.8 Å². The number of hydrazone groups is 1. The Morgan fingerprint density at radius 3 is 2.31 bits per heavy atom. The van der Waals surface area contributed by atoms with Gasteiger partial charge in [0, 0.05) is 10.0 Å². The van der Waals surface area contributed by atoms with Gasteiger partial charge in [-0.05, 0) is 49.4 Å². The van der Waals surface area contributed by atoms with Crippen molar-refractivity contribution < 1.29 is 13.2 Å². The predicted molar refractivity (Wildman–Crippen MR) is 132 cm³/mol. The maximum Gasteiger partial charge on any atom is 0.264 e. The summed E-state index contributed by atoms with van der Waals surface area (Å²) in [6, 6.07) is 18.0. The molecule has 0 saturated carbocycles. The van der Waals surface area contributed by atoms with Crippen LogP contribution in [0.4, 0.5) is 5.69 Å². The van der Waals surface area contributed by atoms with Crippen LogP contribution >= 0.6 is 39.1 Å². The second-order valence-electron chi connectivity index (χ2n) is 6.73. The van der Waals surface area contributed by atoms with Gasteiger partial charge in [0.15, 0.2) is 0 Å². The first-order chi connectivity index (χ1) is 15.2. The number of anilines is 1. The van der Waals surface area contributed by atoms with Crippen molar-refractivity contribution in [1.82, 2.24) is 5.43 Å². The van der Waals surface area contributed by atoms with E-state index in [0.29, 0.717) is 25.8 Å². The van der Waals surface area contributed by atoms with Gasteiger partial charge in [-0.1, -0.05) is 69.0 Å². The molecule has 0 heterocycles. The van der Waals surface area contributed by atoms with Gasteiger partial charge < -0.3 is 0 Å². The van der Waals surface area contributed by atoms with E-state index < -0.39 is 22.5 Å². The molecule has 1 N–H and O–H groups in total. The number of amides is 1. The van der Waals surface area contributed by atoms with Crippen molar-refractivity contribution in [3.63, 3.8) is 0 Å². The van der Waals surface area contributed by atoms with Crippen LogP contribution in [-0.4, -0.2) is 27.1 Å². The minimum Gasteiger partial charge on any atom is -0.271 e. The predicted octanol–water partition coefficient (Wildman–Crippen LogP) is 5.41. The van der Waals surface area contributed by atoms with Crippen molar-refractivity contribution in [3.8, 4) is 0 Å². The van der Waals surface area contributed by atoms with E-state index in [1.807, 2.05) is 6.92 Å². The van der Waals surface area contributed by atoms with Crippen LogP contribution in [0, 0.1) is 6.92 Å². The summed E-state index contributed by atoms with van der Waals surface area (Å²) in [5, 5.41) is 4.61. The lowest BCUT2D eigenvalue weighted by Crippen LogP contribution is -2.39. The molecule has 0 fully saturated rings. The molecule has 0 saturated heterocycles. The quantitative estimate of drug-likeness (QED) is 0.313. The van der Waals surface area contributed by atoms with E-state index in [1.165, 1.54) is 18.3 Å². The molecule has 1 amide bonds. The summed E-state index contributed by atoms with van der Waals surface area (Å²) in [5.74, 6) is -0.639. The molecule has 32 heavy (non-hydrogen) atoms. The molecule has 0 unspecified atom stereocenters. The van der Waals surface area contributed by atoms with Crippen molar-refractivity contribution in [2.24, 2.45) is 5.10 Å². The first-order valence-electron chi connectivity index (χ1n) is 9.29. The largest absolute Gasteiger partial charge is 0.271 e. The lowest BCUT2D eigenvalue weighted by molar-refractivity contribution is -0.119. The molecule has 0 radical (unpaired) electrons. The Morgan fingerprint density at radius 1 is 1.06 bits per heavy atom. The molecule has 0 bridgehead atoms. The van der Waals surface area contributed by atoms with Crippen LogP contribution in [0.3, 0.4) is 0 Å². The number of aryl methyl sites for hydroxylation is 1. The zero-order valence-corrected chi connectivity index (χ0v) is 20.7. The van der Waals surface area contributed by atoms with Crippen molar-refractivity contribution in [2.75, 3.05) is 10.8 Å². The Hall–Kier alpha value is -2.39. The zero-order valence-electron chi connectivity index (χ0n) is 16.8. The average Bonchev–Trinajstić information content (AvgIpc) is 2.74. The number of nitrogens with zero attached hydrogens (tertiary/aromatic N) is 2. The van der Waals surface area contributed by atoms with E-state index in [2.05, 4.69) is 26.5 Å². The summed E-state index contributed by atoms with van der Waals surface area (Å²) in [5.41, 5.74) is 4.01. The summed E-state index contributed by atoms with van der Waals surface area (Å²) in [4.78, 5) is 12.7. The van der Waals surface area contributed by atoms with Gasteiger partial charge in [0.05, 0.1) is 26.8 Å². The van der Waals surface area contributed by atoms with Crippen LogP contribution in [0.15, 0.2) is 81.2 Å². The molecule has 0 aliphatic heterocycles. The molecule has 3 aromatic rings. The monoisotopic (exact) mass is 553 g/mol. The third-order valence-electron chi connectivity index (χ3n) is 4.37. The lowest BCUT2D eigenvalue weighted by atomic mass is 10.2. The first-order valence-corrected chi connectivity index (χ1v) is 12.3. The molecule has 0 aliphatic carbocycles. The van der Waals surface area contributed by atoms with Gasteiger partial charge in [-0.3, -0.25) is 9.10 Å². The van der Waals surface area contributed by atoms with E-state index in [4.69, 9.17) is 23.2 Å². The number of nitrogens with one attached hydrogen (secondary N) is 1. The summed E-state index contributed by atoms with van der Waals surface area (Å²) >= 11 is 15.5. The van der Waals surface area contributed by atoms with Crippen molar-refractivity contribution >= 4 is 67.0 Å². The molecule has 10 heteroatoms. The summed E-state index contributed by atoms with van der Waals surface area (Å²) in [7, 11) is -4.02. The van der Waals surface area contributed by atoms with Gasteiger partial charge in [-0.25, -0.2) is 13.8 Å². The van der Waals surface area contributed by atoms with E-state index in [9.17, 15) is 13.2 Å². The molecule has 3 rings (SSSR count). The lowest BCUT2D eigenvalue weighted by Gasteiger charge is -2.24. The molecule has 0 spiro atoms. The Balaban J connectivity index is 1.87. The average molecular weight is 555 g/mol. The number of halogens is 3.